The van der Waals surface area contributed by atoms with Gasteiger partial charge in [-0.1, -0.05) is 49.4 Å². The number of amides is 1. The van der Waals surface area contributed by atoms with Crippen molar-refractivity contribution in [3.05, 3.63) is 65.2 Å². The maximum Gasteiger partial charge on any atom is 0.275 e. The van der Waals surface area contributed by atoms with Crippen molar-refractivity contribution in [2.45, 2.75) is 33.1 Å². The van der Waals surface area contributed by atoms with Gasteiger partial charge in [0.25, 0.3) is 5.91 Å². The lowest BCUT2D eigenvalue weighted by atomic mass is 9.96. The van der Waals surface area contributed by atoms with Crippen molar-refractivity contribution in [3.8, 4) is 0 Å². The zero-order valence-corrected chi connectivity index (χ0v) is 17.5. The summed E-state index contributed by atoms with van der Waals surface area (Å²) in [4.78, 5) is 16.3. The third-order valence-corrected chi connectivity index (χ3v) is 6.11. The van der Waals surface area contributed by atoms with Crippen molar-refractivity contribution in [1.29, 1.82) is 0 Å². The summed E-state index contributed by atoms with van der Waals surface area (Å²) in [5.41, 5.74) is 5.36. The molecule has 0 saturated carbocycles. The van der Waals surface area contributed by atoms with E-state index in [1.807, 2.05) is 6.07 Å². The highest BCUT2D eigenvalue weighted by atomic mass is 16.2. The number of carbonyl (C=O) groups excluding carboxylic acids is 1. The SMILES string of the molecule is CC[C@H](CNC(=O)C[NH+]1CCN(c2cccc(C)c2C)CC1)c1ccccc1. The molecule has 0 aliphatic carbocycles. The van der Waals surface area contributed by atoms with Crippen LogP contribution in [0.4, 0.5) is 5.69 Å². The number of anilines is 1. The molecule has 0 aromatic heterocycles. The summed E-state index contributed by atoms with van der Waals surface area (Å²) in [6.45, 7) is 11.9. The Hall–Kier alpha value is -2.33. The molecule has 0 bridgehead atoms. The number of quaternary nitrogens is 1. The van der Waals surface area contributed by atoms with Crippen LogP contribution in [0, 0.1) is 13.8 Å². The van der Waals surface area contributed by atoms with Crippen molar-refractivity contribution in [2.75, 3.05) is 44.2 Å². The third kappa shape index (κ3) is 5.14. The maximum absolute atomic E-state index is 12.5. The monoisotopic (exact) mass is 380 g/mol. The second-order valence-electron chi connectivity index (χ2n) is 7.95. The van der Waals surface area contributed by atoms with Crippen LogP contribution in [0.1, 0.15) is 36.0 Å². The summed E-state index contributed by atoms with van der Waals surface area (Å²) in [6.07, 6.45) is 1.03. The Labute approximate surface area is 169 Å². The number of hydrogen-bond acceptors (Lipinski definition) is 2. The van der Waals surface area contributed by atoms with Crippen molar-refractivity contribution in [1.82, 2.24) is 5.32 Å². The van der Waals surface area contributed by atoms with E-state index in [4.69, 9.17) is 0 Å². The molecule has 1 fully saturated rings. The van der Waals surface area contributed by atoms with Crippen LogP contribution < -0.4 is 15.1 Å². The Morgan fingerprint density at radius 1 is 1.07 bits per heavy atom. The molecule has 1 atom stereocenters. The van der Waals surface area contributed by atoms with Crippen LogP contribution in [0.3, 0.4) is 0 Å². The van der Waals surface area contributed by atoms with Crippen molar-refractivity contribution in [2.24, 2.45) is 0 Å². The highest BCUT2D eigenvalue weighted by Crippen LogP contribution is 2.22. The quantitative estimate of drug-likeness (QED) is 0.774. The second kappa shape index (κ2) is 9.74. The third-order valence-electron chi connectivity index (χ3n) is 6.11. The van der Waals surface area contributed by atoms with Gasteiger partial charge in [0.05, 0.1) is 26.2 Å². The molecule has 150 valence electrons. The van der Waals surface area contributed by atoms with Gasteiger partial charge in [-0.15, -0.1) is 0 Å². The number of benzene rings is 2. The Morgan fingerprint density at radius 2 is 1.79 bits per heavy atom. The van der Waals surface area contributed by atoms with E-state index in [1.165, 1.54) is 27.3 Å². The molecule has 0 spiro atoms. The van der Waals surface area contributed by atoms with Crippen molar-refractivity contribution < 1.29 is 9.69 Å². The summed E-state index contributed by atoms with van der Waals surface area (Å²) < 4.78 is 0. The highest BCUT2D eigenvalue weighted by Gasteiger charge is 2.23. The molecular weight excluding hydrogens is 346 g/mol. The zero-order valence-electron chi connectivity index (χ0n) is 17.5. The van der Waals surface area contributed by atoms with Crippen molar-refractivity contribution in [3.63, 3.8) is 0 Å². The van der Waals surface area contributed by atoms with E-state index < -0.39 is 0 Å². The first-order chi connectivity index (χ1) is 13.6. The largest absolute Gasteiger partial charge is 0.360 e. The predicted molar refractivity (Wildman–Crippen MR) is 116 cm³/mol. The molecule has 28 heavy (non-hydrogen) atoms. The van der Waals surface area contributed by atoms with Crippen LogP contribution in [0.2, 0.25) is 0 Å². The predicted octanol–water partition coefficient (Wildman–Crippen LogP) is 2.32. The van der Waals surface area contributed by atoms with Gasteiger partial charge in [-0.25, -0.2) is 0 Å². The van der Waals surface area contributed by atoms with Crippen LogP contribution in [-0.2, 0) is 4.79 Å². The topological polar surface area (TPSA) is 36.8 Å². The fraction of sp³-hybridized carbons (Fsp3) is 0.458. The van der Waals surface area contributed by atoms with E-state index in [9.17, 15) is 4.79 Å². The molecule has 1 heterocycles. The van der Waals surface area contributed by atoms with Gasteiger partial charge in [0.1, 0.15) is 0 Å². The summed E-state index contributed by atoms with van der Waals surface area (Å²) >= 11 is 0. The van der Waals surface area contributed by atoms with Gasteiger partial charge in [0.2, 0.25) is 0 Å². The Bertz CT molecular complexity index is 767. The van der Waals surface area contributed by atoms with Gasteiger partial charge in [0.15, 0.2) is 6.54 Å². The summed E-state index contributed by atoms with van der Waals surface area (Å²) in [7, 11) is 0. The molecule has 1 saturated heterocycles. The molecule has 0 unspecified atom stereocenters. The van der Waals surface area contributed by atoms with Gasteiger partial charge >= 0.3 is 0 Å². The lowest BCUT2D eigenvalue weighted by Crippen LogP contribution is -3.16. The molecule has 1 amide bonds. The average molecular weight is 381 g/mol. The fourth-order valence-corrected chi connectivity index (χ4v) is 4.07. The van der Waals surface area contributed by atoms with E-state index >= 15 is 0 Å². The van der Waals surface area contributed by atoms with E-state index in [0.717, 1.165) is 39.1 Å². The minimum absolute atomic E-state index is 0.171. The van der Waals surface area contributed by atoms with Crippen LogP contribution in [0.25, 0.3) is 0 Å². The molecule has 1 aliphatic rings. The molecule has 4 nitrogen and oxygen atoms in total. The smallest absolute Gasteiger partial charge is 0.275 e. The Morgan fingerprint density at radius 3 is 2.46 bits per heavy atom. The fourth-order valence-electron chi connectivity index (χ4n) is 4.07. The number of piperazine rings is 1. The zero-order chi connectivity index (χ0) is 19.9. The van der Waals surface area contributed by atoms with Gasteiger partial charge in [0, 0.05) is 18.2 Å². The second-order valence-corrected chi connectivity index (χ2v) is 7.95. The maximum atomic E-state index is 12.5. The van der Waals surface area contributed by atoms with Gasteiger partial charge in [-0.2, -0.15) is 0 Å². The molecule has 2 N–H and O–H groups in total. The minimum Gasteiger partial charge on any atom is -0.360 e. The van der Waals surface area contributed by atoms with E-state index in [0.29, 0.717) is 12.5 Å². The molecule has 4 heteroatoms. The minimum atomic E-state index is 0.171. The lowest BCUT2D eigenvalue weighted by Gasteiger charge is -2.34. The van der Waals surface area contributed by atoms with E-state index in [1.54, 1.807) is 0 Å². The first-order valence-corrected chi connectivity index (χ1v) is 10.5. The van der Waals surface area contributed by atoms with E-state index in [-0.39, 0.29) is 5.91 Å². The van der Waals surface area contributed by atoms with Gasteiger partial charge in [-0.05, 0) is 43.0 Å². The first-order valence-electron chi connectivity index (χ1n) is 10.5. The van der Waals surface area contributed by atoms with Gasteiger partial charge < -0.3 is 15.1 Å². The summed E-state index contributed by atoms with van der Waals surface area (Å²) in [5.74, 6) is 0.561. The highest BCUT2D eigenvalue weighted by molar-refractivity contribution is 5.76. The Balaban J connectivity index is 1.45. The first kappa shape index (κ1) is 20.4. The number of carbonyl (C=O) groups is 1. The van der Waals surface area contributed by atoms with E-state index in [2.05, 4.69) is 73.5 Å². The normalized spacial score (nSPS) is 16.0. The average Bonchev–Trinajstić information content (AvgIpc) is 2.72. The summed E-state index contributed by atoms with van der Waals surface area (Å²) in [6, 6.07) is 17.0. The number of nitrogens with one attached hydrogen (secondary N) is 2. The number of nitrogens with zero attached hydrogens (tertiary/aromatic N) is 1. The standard InChI is InChI=1S/C24H33N3O/c1-4-21(22-10-6-5-7-11-22)17-25-24(28)18-26-13-15-27(16-14-26)23-12-8-9-19(2)20(23)3/h5-12,21H,4,13-18H2,1-3H3,(H,25,28)/p+1/t21-/m1/s1. The van der Waals surface area contributed by atoms with Gasteiger partial charge in [-0.3, -0.25) is 4.79 Å². The molecule has 2 aromatic rings. The van der Waals surface area contributed by atoms with Crippen molar-refractivity contribution >= 4 is 11.6 Å². The number of hydrogen-bond donors (Lipinski definition) is 2. The van der Waals surface area contributed by atoms with Crippen LogP contribution in [-0.4, -0.2) is 45.2 Å². The molecule has 1 aliphatic heterocycles. The number of rotatable bonds is 7. The van der Waals surface area contributed by atoms with Crippen LogP contribution >= 0.6 is 0 Å². The molecular formula is C24H34N3O+. The van der Waals surface area contributed by atoms with Crippen LogP contribution in [0.5, 0.6) is 0 Å². The van der Waals surface area contributed by atoms with Crippen LogP contribution in [0.15, 0.2) is 48.5 Å². The Kier molecular flexibility index (Phi) is 7.10. The lowest BCUT2D eigenvalue weighted by molar-refractivity contribution is -0.892. The summed E-state index contributed by atoms with van der Waals surface area (Å²) in [5, 5.41) is 3.17. The number of aryl methyl sites for hydroxylation is 1. The molecule has 2 aromatic carbocycles. The molecule has 3 rings (SSSR count). The molecule has 0 radical (unpaired) electrons.